The highest BCUT2D eigenvalue weighted by Crippen LogP contribution is 2.75. The molecule has 5 rings (SSSR count). The van der Waals surface area contributed by atoms with Crippen LogP contribution in [0.5, 0.6) is 0 Å². The van der Waals surface area contributed by atoms with Crippen LogP contribution in [0.2, 0.25) is 0 Å². The van der Waals surface area contributed by atoms with Crippen molar-refractivity contribution in [3.05, 3.63) is 11.6 Å². The lowest BCUT2D eigenvalue weighted by Crippen LogP contribution is -2.66. The largest absolute Gasteiger partial charge is 0.393 e. The smallest absolute Gasteiger partial charge is 0.226 e. The first-order valence-electron chi connectivity index (χ1n) is 15.8. The average molecular weight is 541 g/mol. The Hall–Kier alpha value is -1.20. The van der Waals surface area contributed by atoms with Gasteiger partial charge in [-0.15, -0.1) is 0 Å². The lowest BCUT2D eigenvalue weighted by Gasteiger charge is -2.70. The summed E-state index contributed by atoms with van der Waals surface area (Å²) < 4.78 is 0. The van der Waals surface area contributed by atoms with Crippen molar-refractivity contribution in [1.82, 2.24) is 10.2 Å². The second kappa shape index (κ2) is 9.15. The highest BCUT2D eigenvalue weighted by Gasteiger charge is 2.70. The first-order valence-corrected chi connectivity index (χ1v) is 15.8. The monoisotopic (exact) mass is 540 g/mol. The van der Waals surface area contributed by atoms with Crippen LogP contribution in [-0.2, 0) is 9.59 Å². The number of rotatable bonds is 4. The molecule has 5 heteroatoms. The number of ketones is 1. The van der Waals surface area contributed by atoms with Crippen molar-refractivity contribution in [2.45, 2.75) is 112 Å². The van der Waals surface area contributed by atoms with E-state index in [0.717, 1.165) is 57.9 Å². The predicted molar refractivity (Wildman–Crippen MR) is 157 cm³/mol. The topological polar surface area (TPSA) is 69.6 Å². The van der Waals surface area contributed by atoms with Crippen LogP contribution in [0.1, 0.15) is 106 Å². The van der Waals surface area contributed by atoms with Crippen LogP contribution in [0.4, 0.5) is 0 Å². The van der Waals surface area contributed by atoms with E-state index < -0.39 is 5.41 Å². The Bertz CT molecular complexity index is 1060. The molecule has 39 heavy (non-hydrogen) atoms. The van der Waals surface area contributed by atoms with Gasteiger partial charge in [0.25, 0.3) is 0 Å². The standard InChI is InChI=1S/C34H56N2O3/c1-29(2)25-10-13-34(7)27(32(25,5)12-11-26(29)38)24(37)20-22-23-21-31(4,28(39)35-18-19-36(8)9)15-14-30(23,3)16-17-33(22,34)6/h20,23,25-27,38H,10-19,21H2,1-9H3,(H,35,39)/t23-,25-,26-,27+,30+,31-,32-,33+,34+/m0/s1. The average Bonchev–Trinajstić information content (AvgIpc) is 2.84. The molecule has 0 aromatic carbocycles. The van der Waals surface area contributed by atoms with E-state index in [1.165, 1.54) is 12.0 Å². The van der Waals surface area contributed by atoms with Gasteiger partial charge < -0.3 is 15.3 Å². The maximum Gasteiger partial charge on any atom is 0.226 e. The van der Waals surface area contributed by atoms with Gasteiger partial charge in [0.15, 0.2) is 5.78 Å². The fraction of sp³-hybridized carbons (Fsp3) is 0.882. The van der Waals surface area contributed by atoms with Gasteiger partial charge >= 0.3 is 0 Å². The lowest BCUT2D eigenvalue weighted by molar-refractivity contribution is -0.202. The van der Waals surface area contributed by atoms with Gasteiger partial charge in [0.2, 0.25) is 5.91 Å². The number of nitrogens with zero attached hydrogens (tertiary/aromatic N) is 1. The predicted octanol–water partition coefficient (Wildman–Crippen LogP) is 6.01. The summed E-state index contributed by atoms with van der Waals surface area (Å²) in [5.74, 6) is 1.13. The Balaban J connectivity index is 1.51. The summed E-state index contributed by atoms with van der Waals surface area (Å²) in [5.41, 5.74) is 0.718. The fourth-order valence-electron chi connectivity index (χ4n) is 11.0. The minimum atomic E-state index is -0.399. The van der Waals surface area contributed by atoms with Crippen LogP contribution in [0.25, 0.3) is 0 Å². The summed E-state index contributed by atoms with van der Waals surface area (Å²) in [6.45, 7) is 17.9. The molecule has 0 spiro atoms. The van der Waals surface area contributed by atoms with Crippen molar-refractivity contribution < 1.29 is 14.7 Å². The van der Waals surface area contributed by atoms with E-state index in [0.29, 0.717) is 18.2 Å². The van der Waals surface area contributed by atoms with Gasteiger partial charge in [-0.1, -0.05) is 54.0 Å². The molecule has 0 radical (unpaired) electrons. The van der Waals surface area contributed by atoms with Crippen LogP contribution < -0.4 is 5.32 Å². The first kappa shape index (κ1) is 29.3. The number of amides is 1. The zero-order valence-electron chi connectivity index (χ0n) is 26.4. The van der Waals surface area contributed by atoms with Crippen LogP contribution in [0, 0.1) is 50.2 Å². The van der Waals surface area contributed by atoms with Gasteiger partial charge in [-0.2, -0.15) is 0 Å². The third-order valence-corrected chi connectivity index (χ3v) is 13.9. The van der Waals surface area contributed by atoms with Crippen LogP contribution in [-0.4, -0.2) is 55.0 Å². The molecule has 0 aliphatic heterocycles. The molecular formula is C34H56N2O3. The van der Waals surface area contributed by atoms with Gasteiger partial charge in [0.1, 0.15) is 0 Å². The highest BCUT2D eigenvalue weighted by molar-refractivity contribution is 5.95. The molecule has 1 amide bonds. The van der Waals surface area contributed by atoms with Crippen molar-refractivity contribution >= 4 is 11.7 Å². The first-order chi connectivity index (χ1) is 17.9. The Morgan fingerprint density at radius 2 is 1.64 bits per heavy atom. The molecule has 5 aliphatic rings. The van der Waals surface area contributed by atoms with Crippen LogP contribution in [0.15, 0.2) is 11.6 Å². The van der Waals surface area contributed by atoms with Gasteiger partial charge in [-0.05, 0) is 117 Å². The van der Waals surface area contributed by atoms with Gasteiger partial charge in [0.05, 0.1) is 6.10 Å². The number of nitrogens with one attached hydrogen (secondary N) is 1. The third kappa shape index (κ3) is 4.06. The Morgan fingerprint density at radius 1 is 0.974 bits per heavy atom. The van der Waals surface area contributed by atoms with Crippen LogP contribution >= 0.6 is 0 Å². The Labute approximate surface area is 237 Å². The zero-order valence-corrected chi connectivity index (χ0v) is 26.4. The molecule has 4 saturated carbocycles. The molecule has 0 aromatic rings. The minimum Gasteiger partial charge on any atom is -0.393 e. The second-order valence-electron chi connectivity index (χ2n) is 16.7. The molecular weight excluding hydrogens is 484 g/mol. The lowest BCUT2D eigenvalue weighted by atomic mass is 9.33. The normalized spacial score (nSPS) is 48.8. The van der Waals surface area contributed by atoms with Crippen molar-refractivity contribution in [2.24, 2.45) is 50.2 Å². The van der Waals surface area contributed by atoms with Crippen molar-refractivity contribution in [2.75, 3.05) is 27.2 Å². The van der Waals surface area contributed by atoms with Gasteiger partial charge in [-0.3, -0.25) is 9.59 Å². The number of fused-ring (bicyclic) bond motifs is 7. The molecule has 9 atom stereocenters. The summed E-state index contributed by atoms with van der Waals surface area (Å²) in [4.78, 5) is 30.1. The van der Waals surface area contributed by atoms with Crippen molar-refractivity contribution in [1.29, 1.82) is 0 Å². The Morgan fingerprint density at radius 3 is 2.31 bits per heavy atom. The maximum atomic E-state index is 14.4. The molecule has 0 aromatic heterocycles. The van der Waals surface area contributed by atoms with Gasteiger partial charge in [0, 0.05) is 24.4 Å². The molecule has 4 fully saturated rings. The third-order valence-electron chi connectivity index (χ3n) is 13.9. The quantitative estimate of drug-likeness (QED) is 0.458. The number of carbonyl (C=O) groups excluding carboxylic acids is 2. The summed E-state index contributed by atoms with van der Waals surface area (Å²) in [5, 5.41) is 14.2. The molecule has 5 aliphatic carbocycles. The molecule has 220 valence electrons. The van der Waals surface area contributed by atoms with E-state index in [2.05, 4.69) is 64.8 Å². The van der Waals surface area contributed by atoms with E-state index in [1.54, 1.807) is 0 Å². The molecule has 0 heterocycles. The van der Waals surface area contributed by atoms with E-state index in [4.69, 9.17) is 0 Å². The second-order valence-corrected chi connectivity index (χ2v) is 16.7. The van der Waals surface area contributed by atoms with E-state index in [-0.39, 0.29) is 50.9 Å². The van der Waals surface area contributed by atoms with Gasteiger partial charge in [-0.25, -0.2) is 0 Å². The molecule has 2 N–H and O–H groups in total. The molecule has 5 nitrogen and oxygen atoms in total. The number of aliphatic hydroxyl groups excluding tert-OH is 1. The Kier molecular flexibility index (Phi) is 6.87. The summed E-state index contributed by atoms with van der Waals surface area (Å²) in [6.07, 6.45) is 10.8. The highest BCUT2D eigenvalue weighted by atomic mass is 16.3. The SMILES string of the molecule is CN(C)CCNC(=O)[C@@]1(C)CC[C@]2(C)CC[C@]3(C)C(=CC(=O)[C@@H]4[C@@]5(C)CC[C@H](O)C(C)(C)[C@@H]5CC[C@]43C)[C@@H]2C1. The maximum absolute atomic E-state index is 14.4. The van der Waals surface area contributed by atoms with Crippen LogP contribution in [0.3, 0.4) is 0 Å². The minimum absolute atomic E-state index is 0.00191. The molecule has 0 unspecified atom stereocenters. The number of hydrogen-bond acceptors (Lipinski definition) is 4. The van der Waals surface area contributed by atoms with Crippen molar-refractivity contribution in [3.8, 4) is 0 Å². The summed E-state index contributed by atoms with van der Waals surface area (Å²) >= 11 is 0. The van der Waals surface area contributed by atoms with Crippen molar-refractivity contribution in [3.63, 3.8) is 0 Å². The fourth-order valence-corrected chi connectivity index (χ4v) is 11.0. The van der Waals surface area contributed by atoms with E-state index in [1.807, 2.05) is 14.1 Å². The van der Waals surface area contributed by atoms with E-state index >= 15 is 0 Å². The summed E-state index contributed by atoms with van der Waals surface area (Å²) in [7, 11) is 4.07. The summed E-state index contributed by atoms with van der Waals surface area (Å²) in [6, 6.07) is 0. The molecule has 0 bridgehead atoms. The molecule has 0 saturated heterocycles. The number of hydrogen-bond donors (Lipinski definition) is 2. The number of allylic oxidation sites excluding steroid dienone is 2. The van der Waals surface area contributed by atoms with E-state index in [9.17, 15) is 14.7 Å². The number of carbonyl (C=O) groups is 2. The number of likely N-dealkylation sites (N-methyl/N-ethyl adjacent to an activating group) is 1. The number of aliphatic hydroxyl groups is 1. The zero-order chi connectivity index (χ0) is 28.8.